The first-order valence-electron chi connectivity index (χ1n) is 7.37. The van der Waals surface area contributed by atoms with Crippen molar-refractivity contribution in [1.82, 2.24) is 19.4 Å². The van der Waals surface area contributed by atoms with E-state index in [4.69, 9.17) is 10.5 Å². The lowest BCUT2D eigenvalue weighted by Gasteiger charge is -2.30. The SMILES string of the molecule is Cc1nc(N)c2c(C)c(C)n(CC3CN(C)CCO3)c2n1. The number of anilines is 1. The summed E-state index contributed by atoms with van der Waals surface area (Å²) in [6, 6.07) is 0. The van der Waals surface area contributed by atoms with E-state index in [2.05, 4.69) is 40.3 Å². The van der Waals surface area contributed by atoms with Crippen molar-refractivity contribution in [2.45, 2.75) is 33.4 Å². The Morgan fingerprint density at radius 2 is 2.05 bits per heavy atom. The summed E-state index contributed by atoms with van der Waals surface area (Å²) >= 11 is 0. The van der Waals surface area contributed by atoms with Gasteiger partial charge in [0.1, 0.15) is 17.3 Å². The van der Waals surface area contributed by atoms with Crippen molar-refractivity contribution in [3.05, 3.63) is 17.1 Å². The molecule has 3 heterocycles. The van der Waals surface area contributed by atoms with Crippen molar-refractivity contribution in [3.8, 4) is 0 Å². The van der Waals surface area contributed by atoms with E-state index in [0.29, 0.717) is 11.6 Å². The molecule has 0 aliphatic carbocycles. The summed E-state index contributed by atoms with van der Waals surface area (Å²) in [5.41, 5.74) is 9.36. The van der Waals surface area contributed by atoms with Crippen LogP contribution in [0.5, 0.6) is 0 Å². The molecule has 1 unspecified atom stereocenters. The Balaban J connectivity index is 2.03. The maximum atomic E-state index is 6.09. The van der Waals surface area contributed by atoms with Gasteiger partial charge in [0.05, 0.1) is 24.6 Å². The van der Waals surface area contributed by atoms with E-state index < -0.39 is 0 Å². The Morgan fingerprint density at radius 1 is 1.29 bits per heavy atom. The van der Waals surface area contributed by atoms with Gasteiger partial charge in [-0.25, -0.2) is 9.97 Å². The van der Waals surface area contributed by atoms with E-state index in [0.717, 1.165) is 42.8 Å². The number of nitrogen functional groups attached to an aromatic ring is 1. The quantitative estimate of drug-likeness (QED) is 0.901. The monoisotopic (exact) mass is 289 g/mol. The van der Waals surface area contributed by atoms with Crippen LogP contribution in [-0.4, -0.2) is 52.3 Å². The maximum Gasteiger partial charge on any atom is 0.146 e. The van der Waals surface area contributed by atoms with Gasteiger partial charge in [0.25, 0.3) is 0 Å². The van der Waals surface area contributed by atoms with Crippen LogP contribution >= 0.6 is 0 Å². The van der Waals surface area contributed by atoms with E-state index in [1.165, 1.54) is 5.69 Å². The van der Waals surface area contributed by atoms with Gasteiger partial charge in [0, 0.05) is 18.8 Å². The van der Waals surface area contributed by atoms with E-state index in [1.807, 2.05) is 6.92 Å². The molecule has 1 aliphatic heterocycles. The molecular formula is C15H23N5O. The number of fused-ring (bicyclic) bond motifs is 1. The molecule has 21 heavy (non-hydrogen) atoms. The second-order valence-corrected chi connectivity index (χ2v) is 5.93. The molecule has 1 saturated heterocycles. The third-order valence-electron chi connectivity index (χ3n) is 4.34. The van der Waals surface area contributed by atoms with Gasteiger partial charge >= 0.3 is 0 Å². The number of nitrogens with two attached hydrogens (primary N) is 1. The zero-order valence-electron chi connectivity index (χ0n) is 13.2. The van der Waals surface area contributed by atoms with Crippen LogP contribution < -0.4 is 5.73 Å². The summed E-state index contributed by atoms with van der Waals surface area (Å²) < 4.78 is 8.11. The molecule has 0 amide bonds. The minimum atomic E-state index is 0.189. The van der Waals surface area contributed by atoms with Gasteiger partial charge in [0.2, 0.25) is 0 Å². The molecule has 0 aromatic carbocycles. The van der Waals surface area contributed by atoms with Crippen molar-refractivity contribution in [2.75, 3.05) is 32.5 Å². The van der Waals surface area contributed by atoms with Gasteiger partial charge in [0.15, 0.2) is 0 Å². The minimum absolute atomic E-state index is 0.189. The van der Waals surface area contributed by atoms with Crippen LogP contribution in [0.4, 0.5) is 5.82 Å². The van der Waals surface area contributed by atoms with Crippen molar-refractivity contribution < 1.29 is 4.74 Å². The predicted octanol–water partition coefficient (Wildman–Crippen LogP) is 1.27. The molecule has 1 atom stereocenters. The molecule has 2 N–H and O–H groups in total. The zero-order valence-corrected chi connectivity index (χ0v) is 13.2. The lowest BCUT2D eigenvalue weighted by molar-refractivity contribution is -0.0271. The third kappa shape index (κ3) is 2.49. The smallest absolute Gasteiger partial charge is 0.146 e. The first-order valence-corrected chi connectivity index (χ1v) is 7.37. The Kier molecular flexibility index (Phi) is 3.59. The highest BCUT2D eigenvalue weighted by Crippen LogP contribution is 2.28. The summed E-state index contributed by atoms with van der Waals surface area (Å²) in [5, 5.41) is 0.974. The summed E-state index contributed by atoms with van der Waals surface area (Å²) in [5.74, 6) is 1.28. The van der Waals surface area contributed by atoms with E-state index in [-0.39, 0.29) is 6.10 Å². The summed E-state index contributed by atoms with van der Waals surface area (Å²) in [4.78, 5) is 11.2. The topological polar surface area (TPSA) is 69.2 Å². The number of likely N-dealkylation sites (N-methyl/N-ethyl adjacent to an activating group) is 1. The van der Waals surface area contributed by atoms with Gasteiger partial charge in [-0.05, 0) is 33.4 Å². The third-order valence-corrected chi connectivity index (χ3v) is 4.34. The number of ether oxygens (including phenoxy) is 1. The van der Waals surface area contributed by atoms with E-state index in [9.17, 15) is 0 Å². The van der Waals surface area contributed by atoms with Crippen LogP contribution in [0.2, 0.25) is 0 Å². The lowest BCUT2D eigenvalue weighted by Crippen LogP contribution is -2.42. The highest BCUT2D eigenvalue weighted by atomic mass is 16.5. The molecule has 0 radical (unpaired) electrons. The number of hydrogen-bond acceptors (Lipinski definition) is 5. The van der Waals surface area contributed by atoms with Gasteiger partial charge < -0.3 is 19.9 Å². The normalized spacial score (nSPS) is 20.3. The van der Waals surface area contributed by atoms with Crippen LogP contribution in [0.3, 0.4) is 0 Å². The average molecular weight is 289 g/mol. The second kappa shape index (κ2) is 5.27. The summed E-state index contributed by atoms with van der Waals surface area (Å²) in [6.45, 7) is 9.59. The van der Waals surface area contributed by atoms with Crippen LogP contribution in [-0.2, 0) is 11.3 Å². The van der Waals surface area contributed by atoms with Gasteiger partial charge in [-0.1, -0.05) is 0 Å². The van der Waals surface area contributed by atoms with Crippen LogP contribution in [0.1, 0.15) is 17.1 Å². The fraction of sp³-hybridized carbons (Fsp3) is 0.600. The van der Waals surface area contributed by atoms with Gasteiger partial charge in [-0.2, -0.15) is 0 Å². The maximum absolute atomic E-state index is 6.09. The highest BCUT2D eigenvalue weighted by molar-refractivity contribution is 5.91. The standard InChI is InChI=1S/C15H23N5O/c1-9-10(2)20(8-12-7-19(4)5-6-21-12)15-13(9)14(16)17-11(3)18-15/h12H,5-8H2,1-4H3,(H2,16,17,18). The molecule has 2 aromatic heterocycles. The largest absolute Gasteiger partial charge is 0.383 e. The first kappa shape index (κ1) is 14.3. The number of morpholine rings is 1. The average Bonchev–Trinajstić information content (AvgIpc) is 2.64. The molecule has 2 aromatic rings. The Labute approximate surface area is 124 Å². The number of aromatic nitrogens is 3. The molecule has 6 nitrogen and oxygen atoms in total. The molecular weight excluding hydrogens is 266 g/mol. The first-order chi connectivity index (χ1) is 9.97. The van der Waals surface area contributed by atoms with E-state index in [1.54, 1.807) is 0 Å². The van der Waals surface area contributed by atoms with Crippen molar-refractivity contribution in [2.24, 2.45) is 0 Å². The van der Waals surface area contributed by atoms with E-state index >= 15 is 0 Å². The summed E-state index contributed by atoms with van der Waals surface area (Å²) in [7, 11) is 2.13. The number of rotatable bonds is 2. The molecule has 114 valence electrons. The Bertz CT molecular complexity index is 678. The second-order valence-electron chi connectivity index (χ2n) is 5.93. The van der Waals surface area contributed by atoms with Gasteiger partial charge in [-0.15, -0.1) is 0 Å². The minimum Gasteiger partial charge on any atom is -0.383 e. The molecule has 0 bridgehead atoms. The number of hydrogen-bond donors (Lipinski definition) is 1. The number of nitrogens with zero attached hydrogens (tertiary/aromatic N) is 4. The summed E-state index contributed by atoms with van der Waals surface area (Å²) in [6.07, 6.45) is 0.189. The molecule has 0 spiro atoms. The molecule has 0 saturated carbocycles. The van der Waals surface area contributed by atoms with Gasteiger partial charge in [-0.3, -0.25) is 0 Å². The van der Waals surface area contributed by atoms with Crippen LogP contribution in [0.25, 0.3) is 11.0 Å². The fourth-order valence-electron chi connectivity index (χ4n) is 3.08. The molecule has 6 heteroatoms. The predicted molar refractivity (Wildman–Crippen MR) is 83.4 cm³/mol. The number of aryl methyl sites for hydroxylation is 2. The van der Waals surface area contributed by atoms with Crippen LogP contribution in [0.15, 0.2) is 0 Å². The van der Waals surface area contributed by atoms with Crippen molar-refractivity contribution >= 4 is 16.9 Å². The highest BCUT2D eigenvalue weighted by Gasteiger charge is 2.22. The van der Waals surface area contributed by atoms with Crippen molar-refractivity contribution in [3.63, 3.8) is 0 Å². The lowest BCUT2D eigenvalue weighted by atomic mass is 10.2. The molecule has 1 aliphatic rings. The molecule has 3 rings (SSSR count). The fourth-order valence-corrected chi connectivity index (χ4v) is 3.08. The zero-order chi connectivity index (χ0) is 15.1. The Hall–Kier alpha value is -1.66. The Morgan fingerprint density at radius 3 is 2.76 bits per heavy atom. The molecule has 1 fully saturated rings. The van der Waals surface area contributed by atoms with Crippen LogP contribution in [0, 0.1) is 20.8 Å². The van der Waals surface area contributed by atoms with Crippen molar-refractivity contribution in [1.29, 1.82) is 0 Å².